The Morgan fingerprint density at radius 3 is 1.56 bits per heavy atom. The summed E-state index contributed by atoms with van der Waals surface area (Å²) in [6.45, 7) is 32.5. The average Bonchev–Trinajstić information content (AvgIpc) is 2.84. The third-order valence-corrected chi connectivity index (χ3v) is 19.7. The molecule has 1 aliphatic heterocycles. The van der Waals surface area contributed by atoms with Gasteiger partial charge in [0.1, 0.15) is 11.7 Å². The second kappa shape index (κ2) is 13.4. The quantitative estimate of drug-likeness (QED) is 0.251. The van der Waals surface area contributed by atoms with Crippen molar-refractivity contribution < 1.29 is 38.2 Å². The second-order valence-corrected chi connectivity index (χ2v) is 26.2. The van der Waals surface area contributed by atoms with E-state index in [1.54, 1.807) is 27.7 Å². The third kappa shape index (κ3) is 8.88. The van der Waals surface area contributed by atoms with Gasteiger partial charge in [0.25, 0.3) is 0 Å². The Labute approximate surface area is 264 Å². The molecule has 2 N–H and O–H groups in total. The molecular weight excluding hydrogens is 581 g/mol. The topological polar surface area (TPSA) is 119 Å². The molecule has 1 heterocycles. The number of hydrogen-bond donors (Lipinski definition) is 2. The summed E-state index contributed by atoms with van der Waals surface area (Å²) in [4.78, 5) is 41.9. The van der Waals surface area contributed by atoms with Gasteiger partial charge in [0, 0.05) is 11.8 Å². The number of ketones is 2. The lowest BCUT2D eigenvalue weighted by Crippen LogP contribution is -2.58. The molecule has 0 bridgehead atoms. The Hall–Kier alpha value is -0.916. The predicted molar refractivity (Wildman–Crippen MR) is 177 cm³/mol. The molecule has 1 fully saturated rings. The first-order chi connectivity index (χ1) is 19.0. The Morgan fingerprint density at radius 1 is 0.767 bits per heavy atom. The van der Waals surface area contributed by atoms with E-state index in [1.807, 2.05) is 6.92 Å². The van der Waals surface area contributed by atoms with Crippen LogP contribution in [-0.2, 0) is 28.0 Å². The maximum atomic E-state index is 14.1. The van der Waals surface area contributed by atoms with Crippen LogP contribution in [0.4, 0.5) is 0 Å². The molecule has 9 atom stereocenters. The number of ether oxygens (including phenoxy) is 1. The van der Waals surface area contributed by atoms with Gasteiger partial charge in [0.05, 0.1) is 18.1 Å². The molecule has 0 amide bonds. The van der Waals surface area contributed by atoms with Crippen LogP contribution in [0.2, 0.25) is 36.3 Å². The highest BCUT2D eigenvalue weighted by Crippen LogP contribution is 2.43. The van der Waals surface area contributed by atoms with Gasteiger partial charge in [-0.1, -0.05) is 69.2 Å². The molecule has 0 aromatic carbocycles. The first kappa shape index (κ1) is 40.1. The molecule has 0 spiro atoms. The van der Waals surface area contributed by atoms with Crippen LogP contribution in [0.3, 0.4) is 0 Å². The molecule has 0 saturated carbocycles. The molecule has 1 aliphatic rings. The fourth-order valence-corrected chi connectivity index (χ4v) is 8.52. The van der Waals surface area contributed by atoms with E-state index in [4.69, 9.17) is 13.6 Å². The third-order valence-electron chi connectivity index (χ3n) is 10.7. The Kier molecular flexibility index (Phi) is 12.5. The van der Waals surface area contributed by atoms with Crippen LogP contribution in [-0.4, -0.2) is 73.9 Å². The highest BCUT2D eigenvalue weighted by atomic mass is 28.4. The van der Waals surface area contributed by atoms with Gasteiger partial charge in [-0.15, -0.1) is 0 Å². The number of carbonyl (C=O) groups is 3. The molecule has 0 aromatic heterocycles. The minimum atomic E-state index is -2.49. The number of cyclic esters (lactones) is 1. The highest BCUT2D eigenvalue weighted by molar-refractivity contribution is 6.74. The minimum Gasteiger partial charge on any atom is -0.459 e. The van der Waals surface area contributed by atoms with Crippen molar-refractivity contribution in [2.24, 2.45) is 23.7 Å². The van der Waals surface area contributed by atoms with Gasteiger partial charge in [0.15, 0.2) is 33.8 Å². The van der Waals surface area contributed by atoms with E-state index in [0.717, 1.165) is 0 Å². The van der Waals surface area contributed by atoms with Crippen LogP contribution in [0.25, 0.3) is 0 Å². The second-order valence-electron chi connectivity index (χ2n) is 16.7. The van der Waals surface area contributed by atoms with E-state index in [0.29, 0.717) is 0 Å². The summed E-state index contributed by atoms with van der Waals surface area (Å²) >= 11 is 0. The van der Waals surface area contributed by atoms with E-state index in [1.165, 1.54) is 13.8 Å². The molecule has 1 rings (SSSR count). The summed E-state index contributed by atoms with van der Waals surface area (Å²) in [6.07, 6.45) is -2.42. The van der Waals surface area contributed by atoms with Gasteiger partial charge in [-0.25, -0.2) is 0 Å². The molecule has 0 aliphatic carbocycles. The lowest BCUT2D eigenvalue weighted by atomic mass is 9.75. The molecule has 252 valence electrons. The lowest BCUT2D eigenvalue weighted by Gasteiger charge is -2.46. The first-order valence-corrected chi connectivity index (χ1v) is 21.9. The molecule has 10 heteroatoms. The van der Waals surface area contributed by atoms with Crippen molar-refractivity contribution in [1.29, 1.82) is 0 Å². The normalized spacial score (nSPS) is 36.7. The number of hydrogen-bond acceptors (Lipinski definition) is 8. The van der Waals surface area contributed by atoms with Crippen molar-refractivity contribution in [2.45, 2.75) is 169 Å². The van der Waals surface area contributed by atoms with E-state index in [2.05, 4.69) is 67.7 Å². The van der Waals surface area contributed by atoms with E-state index in [9.17, 15) is 24.6 Å². The molecule has 0 radical (unpaired) electrons. The number of Topliss-reactive ketones (excluding diaryl/α,β-unsaturated/α-hetero) is 2. The maximum absolute atomic E-state index is 14.1. The summed E-state index contributed by atoms with van der Waals surface area (Å²) in [6, 6.07) is 0. The van der Waals surface area contributed by atoms with Crippen molar-refractivity contribution in [3.05, 3.63) is 0 Å². The molecule has 1 saturated heterocycles. The van der Waals surface area contributed by atoms with E-state index < -0.39 is 87.4 Å². The Morgan fingerprint density at radius 2 is 1.16 bits per heavy atom. The van der Waals surface area contributed by atoms with Gasteiger partial charge < -0.3 is 23.8 Å². The molecular formula is C33H64O8Si2. The summed E-state index contributed by atoms with van der Waals surface area (Å²) in [5.74, 6) is -4.53. The van der Waals surface area contributed by atoms with Crippen molar-refractivity contribution in [3.63, 3.8) is 0 Å². The largest absolute Gasteiger partial charge is 0.459 e. The van der Waals surface area contributed by atoms with Gasteiger partial charge in [0.2, 0.25) is 0 Å². The summed E-state index contributed by atoms with van der Waals surface area (Å²) < 4.78 is 19.5. The van der Waals surface area contributed by atoms with Crippen LogP contribution in [0.15, 0.2) is 0 Å². The molecule has 43 heavy (non-hydrogen) atoms. The molecule has 8 nitrogen and oxygen atoms in total. The molecule has 0 unspecified atom stereocenters. The lowest BCUT2D eigenvalue weighted by molar-refractivity contribution is -0.180. The van der Waals surface area contributed by atoms with Crippen LogP contribution in [0.1, 0.15) is 103 Å². The van der Waals surface area contributed by atoms with Crippen LogP contribution >= 0.6 is 0 Å². The SMILES string of the molecule is CC[C@H]1OC(=O)[C@H](C)[C@@H](O[Si](C)(C)C(C)(C)C)[C@H](C)C(=O)[C@](C)(O)C[C@@H](C)[C@H](O[Si](C)(C)C(C)(C)C)[C@H](C)C(=O)[C@]1(C)O. The standard InChI is InChI=1S/C33H64O8Si2/c1-18-24-33(13,38)28(35)21(3)25(40-42(14,15)30(6,7)8)20(2)19-32(12,37)27(34)22(4)26(23(5)29(36)39-24)41-43(16,17)31(9,10)11/h20-26,37-38H,18-19H2,1-17H3/t20-,21+,22+,23-,24-,25+,26+,32-,33-/m1/s1. The zero-order chi connectivity index (χ0) is 34.3. The number of rotatable bonds is 5. The van der Waals surface area contributed by atoms with Crippen LogP contribution in [0, 0.1) is 23.7 Å². The summed E-state index contributed by atoms with van der Waals surface area (Å²) in [7, 11) is -4.93. The fraction of sp³-hybridized carbons (Fsp3) is 0.909. The zero-order valence-corrected chi connectivity index (χ0v) is 32.3. The van der Waals surface area contributed by atoms with Crippen molar-refractivity contribution in [1.82, 2.24) is 0 Å². The predicted octanol–water partition coefficient (Wildman–Crippen LogP) is 6.68. The number of carbonyl (C=O) groups excluding carboxylic acids is 3. The highest BCUT2D eigenvalue weighted by Gasteiger charge is 2.52. The first-order valence-electron chi connectivity index (χ1n) is 16.1. The summed E-state index contributed by atoms with van der Waals surface area (Å²) in [5.41, 5.74) is -3.77. The zero-order valence-electron chi connectivity index (χ0n) is 30.3. The fourth-order valence-electron chi connectivity index (χ4n) is 5.61. The van der Waals surface area contributed by atoms with Gasteiger partial charge >= 0.3 is 5.97 Å². The van der Waals surface area contributed by atoms with Gasteiger partial charge in [-0.3, -0.25) is 14.4 Å². The minimum absolute atomic E-state index is 0.0398. The maximum Gasteiger partial charge on any atom is 0.311 e. The van der Waals surface area contributed by atoms with Gasteiger partial charge in [-0.05, 0) is 75.8 Å². The van der Waals surface area contributed by atoms with Gasteiger partial charge in [-0.2, -0.15) is 0 Å². The van der Waals surface area contributed by atoms with Crippen LogP contribution < -0.4 is 0 Å². The van der Waals surface area contributed by atoms with E-state index >= 15 is 0 Å². The number of esters is 1. The van der Waals surface area contributed by atoms with Crippen molar-refractivity contribution in [2.75, 3.05) is 0 Å². The van der Waals surface area contributed by atoms with Crippen LogP contribution in [0.5, 0.6) is 0 Å². The Balaban J connectivity index is 3.88. The van der Waals surface area contributed by atoms with E-state index in [-0.39, 0.29) is 22.9 Å². The Bertz CT molecular complexity index is 1010. The van der Waals surface area contributed by atoms with Crippen molar-refractivity contribution in [3.8, 4) is 0 Å². The monoisotopic (exact) mass is 644 g/mol. The smallest absolute Gasteiger partial charge is 0.311 e. The number of aliphatic hydroxyl groups is 2. The van der Waals surface area contributed by atoms with Crippen molar-refractivity contribution >= 4 is 34.2 Å². The summed E-state index contributed by atoms with van der Waals surface area (Å²) in [5, 5.41) is 23.1. The average molecular weight is 645 g/mol. The molecule has 0 aromatic rings.